The molecule has 6 heteroatoms. The summed E-state index contributed by atoms with van der Waals surface area (Å²) in [5.41, 5.74) is 0.265. The summed E-state index contributed by atoms with van der Waals surface area (Å²) in [6.07, 6.45) is -4.00. The van der Waals surface area contributed by atoms with Crippen LogP contribution in [0.4, 0.5) is 13.2 Å². The highest BCUT2D eigenvalue weighted by Crippen LogP contribution is 2.23. The summed E-state index contributed by atoms with van der Waals surface area (Å²) >= 11 is 0. The second kappa shape index (κ2) is 5.53. The molecule has 0 radical (unpaired) electrons. The normalized spacial score (nSPS) is 14.3. The van der Waals surface area contributed by atoms with Crippen LogP contribution in [0.25, 0.3) is 0 Å². The van der Waals surface area contributed by atoms with Crippen LogP contribution in [-0.4, -0.2) is 27.2 Å². The van der Waals surface area contributed by atoms with E-state index in [4.69, 9.17) is 5.11 Å². The monoisotopic (exact) mass is 250 g/mol. The molecule has 1 unspecified atom stereocenters. The minimum absolute atomic E-state index is 0.201. The van der Waals surface area contributed by atoms with Crippen molar-refractivity contribution in [3.05, 3.63) is 18.0 Å². The summed E-state index contributed by atoms with van der Waals surface area (Å²) in [5.74, 6) is 0. The molecule has 98 valence electrons. The Bertz CT molecular complexity index is 345. The topological polar surface area (TPSA) is 38.0 Å². The molecule has 0 bridgehead atoms. The Morgan fingerprint density at radius 1 is 1.35 bits per heavy atom. The minimum atomic E-state index is -4.58. The van der Waals surface area contributed by atoms with Gasteiger partial charge in [-0.1, -0.05) is 13.8 Å². The Kier molecular flexibility index (Phi) is 4.56. The molecule has 0 spiro atoms. The van der Waals surface area contributed by atoms with Gasteiger partial charge in [-0.15, -0.1) is 0 Å². The number of hydrogen-bond acceptors (Lipinski definition) is 2. The van der Waals surface area contributed by atoms with Crippen LogP contribution in [0.15, 0.2) is 12.3 Å². The second-order valence-corrected chi connectivity index (χ2v) is 4.02. The van der Waals surface area contributed by atoms with Gasteiger partial charge in [-0.25, -0.2) is 0 Å². The molecular weight excluding hydrogens is 233 g/mol. The number of aromatic nitrogens is 2. The molecule has 1 aromatic heterocycles. The largest absolute Gasteiger partial charge is 0.414 e. The fourth-order valence-corrected chi connectivity index (χ4v) is 1.67. The van der Waals surface area contributed by atoms with Gasteiger partial charge in [-0.3, -0.25) is 4.68 Å². The van der Waals surface area contributed by atoms with Gasteiger partial charge in [0, 0.05) is 12.6 Å². The van der Waals surface area contributed by atoms with Crippen LogP contribution in [-0.2, 0) is 6.42 Å². The van der Waals surface area contributed by atoms with E-state index in [1.54, 1.807) is 10.9 Å². The highest BCUT2D eigenvalue weighted by atomic mass is 19.4. The van der Waals surface area contributed by atoms with E-state index < -0.39 is 18.7 Å². The van der Waals surface area contributed by atoms with Crippen LogP contribution in [0.2, 0.25) is 0 Å². The van der Waals surface area contributed by atoms with Crippen LogP contribution in [0.1, 0.15) is 38.4 Å². The molecule has 1 atom stereocenters. The first-order valence-corrected chi connectivity index (χ1v) is 5.67. The molecule has 0 aromatic carbocycles. The maximum absolute atomic E-state index is 12.1. The molecule has 0 aliphatic rings. The van der Waals surface area contributed by atoms with E-state index in [1.807, 2.05) is 13.8 Å². The number of rotatable bonds is 5. The summed E-state index contributed by atoms with van der Waals surface area (Å²) in [5, 5.41) is 13.0. The van der Waals surface area contributed by atoms with Crippen molar-refractivity contribution in [2.45, 2.75) is 51.4 Å². The maximum atomic E-state index is 12.1. The number of alkyl halides is 3. The van der Waals surface area contributed by atoms with E-state index in [9.17, 15) is 13.2 Å². The smallest absolute Gasteiger partial charge is 0.383 e. The molecule has 0 aliphatic carbocycles. The van der Waals surface area contributed by atoms with Crippen LogP contribution in [0.3, 0.4) is 0 Å². The SMILES string of the molecule is CCC(CC)n1ccc(CC(O)C(F)(F)F)n1. The molecule has 0 saturated heterocycles. The van der Waals surface area contributed by atoms with Gasteiger partial charge in [0.15, 0.2) is 6.10 Å². The molecule has 3 nitrogen and oxygen atoms in total. The Labute approximate surface area is 98.2 Å². The molecule has 1 aromatic rings. The van der Waals surface area contributed by atoms with Gasteiger partial charge < -0.3 is 5.11 Å². The molecule has 0 fully saturated rings. The van der Waals surface area contributed by atoms with Crippen molar-refractivity contribution in [1.82, 2.24) is 9.78 Å². The van der Waals surface area contributed by atoms with E-state index in [2.05, 4.69) is 5.10 Å². The summed E-state index contributed by atoms with van der Waals surface area (Å²) in [6.45, 7) is 4.00. The Morgan fingerprint density at radius 3 is 2.41 bits per heavy atom. The summed E-state index contributed by atoms with van der Waals surface area (Å²) in [4.78, 5) is 0. The first-order valence-electron chi connectivity index (χ1n) is 5.67. The lowest BCUT2D eigenvalue weighted by Crippen LogP contribution is -2.30. The standard InChI is InChI=1S/C11H17F3N2O/c1-3-9(4-2)16-6-5-8(15-16)7-10(17)11(12,13)14/h5-6,9-10,17H,3-4,7H2,1-2H3. The lowest BCUT2D eigenvalue weighted by atomic mass is 10.2. The fraction of sp³-hybridized carbons (Fsp3) is 0.727. The predicted molar refractivity (Wildman–Crippen MR) is 57.6 cm³/mol. The van der Waals surface area contributed by atoms with Gasteiger partial charge in [-0.2, -0.15) is 18.3 Å². The highest BCUT2D eigenvalue weighted by molar-refractivity contribution is 5.02. The van der Waals surface area contributed by atoms with Crippen molar-refractivity contribution in [2.24, 2.45) is 0 Å². The van der Waals surface area contributed by atoms with Crippen molar-refractivity contribution in [2.75, 3.05) is 0 Å². The fourth-order valence-electron chi connectivity index (χ4n) is 1.67. The molecule has 0 saturated carbocycles. The van der Waals surface area contributed by atoms with Crippen LogP contribution < -0.4 is 0 Å². The second-order valence-electron chi connectivity index (χ2n) is 4.02. The van der Waals surface area contributed by atoms with Gasteiger partial charge in [0.25, 0.3) is 0 Å². The third kappa shape index (κ3) is 3.73. The van der Waals surface area contributed by atoms with Gasteiger partial charge in [0.05, 0.1) is 11.7 Å². The average molecular weight is 250 g/mol. The quantitative estimate of drug-likeness (QED) is 0.872. The average Bonchev–Trinajstić information content (AvgIpc) is 2.67. The van der Waals surface area contributed by atoms with E-state index >= 15 is 0 Å². The summed E-state index contributed by atoms with van der Waals surface area (Å²) in [7, 11) is 0. The van der Waals surface area contributed by atoms with Gasteiger partial charge in [-0.05, 0) is 18.9 Å². The number of hydrogen-bond donors (Lipinski definition) is 1. The van der Waals surface area contributed by atoms with E-state index in [0.29, 0.717) is 0 Å². The zero-order valence-corrected chi connectivity index (χ0v) is 9.91. The number of nitrogens with zero attached hydrogens (tertiary/aromatic N) is 2. The summed E-state index contributed by atoms with van der Waals surface area (Å²) in [6, 6.07) is 1.72. The van der Waals surface area contributed by atoms with Gasteiger partial charge >= 0.3 is 6.18 Å². The maximum Gasteiger partial charge on any atom is 0.414 e. The zero-order chi connectivity index (χ0) is 13.1. The van der Waals surface area contributed by atoms with Crippen molar-refractivity contribution in [3.8, 4) is 0 Å². The summed E-state index contributed by atoms with van der Waals surface area (Å²) < 4.78 is 38.1. The molecule has 17 heavy (non-hydrogen) atoms. The lowest BCUT2D eigenvalue weighted by molar-refractivity contribution is -0.203. The van der Waals surface area contributed by atoms with E-state index in [-0.39, 0.29) is 11.7 Å². The molecule has 1 heterocycles. The molecule has 0 amide bonds. The van der Waals surface area contributed by atoms with E-state index in [1.165, 1.54) is 6.07 Å². The molecule has 1 N–H and O–H groups in total. The van der Waals surface area contributed by atoms with Crippen LogP contribution in [0.5, 0.6) is 0 Å². The van der Waals surface area contributed by atoms with Crippen LogP contribution in [0, 0.1) is 0 Å². The number of halogens is 3. The highest BCUT2D eigenvalue weighted by Gasteiger charge is 2.38. The minimum Gasteiger partial charge on any atom is -0.383 e. The number of aliphatic hydroxyl groups is 1. The molecular formula is C11H17F3N2O. The molecule has 0 aliphatic heterocycles. The molecule has 1 rings (SSSR count). The Morgan fingerprint density at radius 2 is 1.94 bits per heavy atom. The van der Waals surface area contributed by atoms with Crippen LogP contribution >= 0.6 is 0 Å². The Balaban J connectivity index is 2.69. The first kappa shape index (κ1) is 14.0. The van der Waals surface area contributed by atoms with Crippen molar-refractivity contribution in [3.63, 3.8) is 0 Å². The third-order valence-corrected chi connectivity index (χ3v) is 2.76. The van der Waals surface area contributed by atoms with Crippen molar-refractivity contribution >= 4 is 0 Å². The van der Waals surface area contributed by atoms with E-state index in [0.717, 1.165) is 12.8 Å². The number of aliphatic hydroxyl groups excluding tert-OH is 1. The lowest BCUT2D eigenvalue weighted by Gasteiger charge is -2.14. The zero-order valence-electron chi connectivity index (χ0n) is 9.91. The van der Waals surface area contributed by atoms with Gasteiger partial charge in [0.2, 0.25) is 0 Å². The predicted octanol–water partition coefficient (Wildman–Crippen LogP) is 2.71. The van der Waals surface area contributed by atoms with Gasteiger partial charge in [0.1, 0.15) is 0 Å². The van der Waals surface area contributed by atoms with Crippen molar-refractivity contribution in [1.29, 1.82) is 0 Å². The first-order chi connectivity index (χ1) is 7.88. The Hall–Kier alpha value is -1.04. The third-order valence-electron chi connectivity index (χ3n) is 2.76. The van der Waals surface area contributed by atoms with Crippen molar-refractivity contribution < 1.29 is 18.3 Å².